The fourth-order valence-corrected chi connectivity index (χ4v) is 1.04. The van der Waals surface area contributed by atoms with Gasteiger partial charge in [-0.05, 0) is 6.42 Å². The van der Waals surface area contributed by atoms with E-state index in [-0.39, 0.29) is 13.0 Å². The van der Waals surface area contributed by atoms with Crippen LogP contribution in [-0.4, -0.2) is 51.6 Å². The van der Waals surface area contributed by atoms with Crippen molar-refractivity contribution in [3.63, 3.8) is 0 Å². The Hall–Kier alpha value is -0.200. The van der Waals surface area contributed by atoms with E-state index in [1.54, 1.807) is 0 Å². The summed E-state index contributed by atoms with van der Waals surface area (Å²) in [6, 6.07) is 0. The Kier molecular flexibility index (Phi) is 2.46. The molecule has 0 spiro atoms. The molecule has 3 atom stereocenters. The van der Waals surface area contributed by atoms with Gasteiger partial charge >= 0.3 is 0 Å². The SMILES string of the molecule is OC[C@]1(O)OCC[C@@H](O)[C@@H]1O. The summed E-state index contributed by atoms with van der Waals surface area (Å²) in [5, 5.41) is 36.0. The molecule has 0 unspecified atom stereocenters. The second kappa shape index (κ2) is 3.04. The average Bonchev–Trinajstić information content (AvgIpc) is 2.00. The first-order chi connectivity index (χ1) is 5.10. The predicted molar refractivity (Wildman–Crippen MR) is 34.6 cm³/mol. The molecule has 0 amide bonds. The average molecular weight is 164 g/mol. The lowest BCUT2D eigenvalue weighted by Gasteiger charge is -2.37. The Morgan fingerprint density at radius 3 is 2.55 bits per heavy atom. The van der Waals surface area contributed by atoms with Gasteiger partial charge in [0.15, 0.2) is 0 Å². The van der Waals surface area contributed by atoms with Crippen LogP contribution in [0.25, 0.3) is 0 Å². The summed E-state index contributed by atoms with van der Waals surface area (Å²) in [7, 11) is 0. The lowest BCUT2D eigenvalue weighted by molar-refractivity contribution is -0.311. The fourth-order valence-electron chi connectivity index (χ4n) is 1.04. The second-order valence-corrected chi connectivity index (χ2v) is 2.65. The van der Waals surface area contributed by atoms with Gasteiger partial charge in [-0.15, -0.1) is 0 Å². The zero-order valence-electron chi connectivity index (χ0n) is 5.97. The lowest BCUT2D eigenvalue weighted by atomic mass is 10.00. The molecule has 0 aromatic carbocycles. The van der Waals surface area contributed by atoms with Crippen molar-refractivity contribution in [3.05, 3.63) is 0 Å². The molecule has 0 saturated carbocycles. The Bertz CT molecular complexity index is 139. The quantitative estimate of drug-likeness (QED) is 0.353. The Morgan fingerprint density at radius 1 is 1.45 bits per heavy atom. The third kappa shape index (κ3) is 1.52. The van der Waals surface area contributed by atoms with Crippen LogP contribution in [-0.2, 0) is 4.74 Å². The molecule has 1 aliphatic rings. The monoisotopic (exact) mass is 164 g/mol. The maximum absolute atomic E-state index is 9.24. The van der Waals surface area contributed by atoms with Crippen LogP contribution in [0.2, 0.25) is 0 Å². The summed E-state index contributed by atoms with van der Waals surface area (Å²) < 4.78 is 4.69. The first kappa shape index (κ1) is 8.89. The molecule has 4 N–H and O–H groups in total. The highest BCUT2D eigenvalue weighted by molar-refractivity contribution is 4.86. The number of ether oxygens (including phenoxy) is 1. The van der Waals surface area contributed by atoms with Gasteiger partial charge in [-0.1, -0.05) is 0 Å². The fraction of sp³-hybridized carbons (Fsp3) is 1.00. The molecular weight excluding hydrogens is 152 g/mol. The van der Waals surface area contributed by atoms with E-state index in [2.05, 4.69) is 0 Å². The molecule has 0 aromatic heterocycles. The predicted octanol–water partition coefficient (Wildman–Crippen LogP) is -2.19. The van der Waals surface area contributed by atoms with Crippen LogP contribution >= 0.6 is 0 Å². The van der Waals surface area contributed by atoms with Gasteiger partial charge in [0.05, 0.1) is 19.3 Å². The van der Waals surface area contributed by atoms with Crippen molar-refractivity contribution >= 4 is 0 Å². The van der Waals surface area contributed by atoms with Crippen molar-refractivity contribution in [1.82, 2.24) is 0 Å². The van der Waals surface area contributed by atoms with E-state index in [0.717, 1.165) is 0 Å². The molecule has 1 aliphatic heterocycles. The summed E-state index contributed by atoms with van der Waals surface area (Å²) >= 11 is 0. The number of hydrogen-bond acceptors (Lipinski definition) is 5. The number of aliphatic hydroxyl groups is 4. The van der Waals surface area contributed by atoms with E-state index < -0.39 is 24.6 Å². The minimum atomic E-state index is -1.99. The van der Waals surface area contributed by atoms with Gasteiger partial charge in [-0.25, -0.2) is 0 Å². The van der Waals surface area contributed by atoms with Gasteiger partial charge in [0.1, 0.15) is 6.10 Å². The summed E-state index contributed by atoms with van der Waals surface area (Å²) in [6.07, 6.45) is -2.19. The van der Waals surface area contributed by atoms with Crippen LogP contribution in [0.3, 0.4) is 0 Å². The molecule has 1 rings (SSSR count). The molecule has 0 bridgehead atoms. The highest BCUT2D eigenvalue weighted by atomic mass is 16.7. The third-order valence-electron chi connectivity index (χ3n) is 1.82. The number of aliphatic hydroxyl groups excluding tert-OH is 3. The first-order valence-electron chi connectivity index (χ1n) is 3.43. The normalized spacial score (nSPS) is 45.8. The molecule has 0 aliphatic carbocycles. The van der Waals surface area contributed by atoms with Gasteiger partial charge in [0.2, 0.25) is 5.79 Å². The minimum Gasteiger partial charge on any atom is -0.391 e. The zero-order valence-corrected chi connectivity index (χ0v) is 5.97. The molecule has 1 heterocycles. The summed E-state index contributed by atoms with van der Waals surface area (Å²) in [4.78, 5) is 0. The Morgan fingerprint density at radius 2 is 2.09 bits per heavy atom. The largest absolute Gasteiger partial charge is 0.391 e. The standard InChI is InChI=1S/C6H12O5/c7-3-6(10)5(9)4(8)1-2-11-6/h4-5,7-10H,1-3H2/t4-,5+,6+/m1/s1. The van der Waals surface area contributed by atoms with Gasteiger partial charge in [-0.3, -0.25) is 0 Å². The molecule has 0 radical (unpaired) electrons. The van der Waals surface area contributed by atoms with Crippen molar-refractivity contribution < 1.29 is 25.2 Å². The van der Waals surface area contributed by atoms with Crippen molar-refractivity contribution in [2.75, 3.05) is 13.2 Å². The van der Waals surface area contributed by atoms with Crippen LogP contribution < -0.4 is 0 Å². The van der Waals surface area contributed by atoms with E-state index >= 15 is 0 Å². The van der Waals surface area contributed by atoms with Crippen LogP contribution in [0.5, 0.6) is 0 Å². The summed E-state index contributed by atoms with van der Waals surface area (Å²) in [5.74, 6) is -1.99. The van der Waals surface area contributed by atoms with Gasteiger partial charge in [-0.2, -0.15) is 0 Å². The smallest absolute Gasteiger partial charge is 0.218 e. The molecule has 1 saturated heterocycles. The van der Waals surface area contributed by atoms with Crippen LogP contribution in [0, 0.1) is 0 Å². The molecule has 1 fully saturated rings. The van der Waals surface area contributed by atoms with E-state index in [0.29, 0.717) is 0 Å². The molecule has 5 heteroatoms. The van der Waals surface area contributed by atoms with E-state index in [1.165, 1.54) is 0 Å². The first-order valence-corrected chi connectivity index (χ1v) is 3.43. The van der Waals surface area contributed by atoms with Crippen molar-refractivity contribution in [2.45, 2.75) is 24.4 Å². The maximum atomic E-state index is 9.24. The van der Waals surface area contributed by atoms with Crippen LogP contribution in [0.15, 0.2) is 0 Å². The Balaban J connectivity index is 2.64. The Labute approximate surface area is 63.8 Å². The van der Waals surface area contributed by atoms with E-state index in [1.807, 2.05) is 0 Å². The number of rotatable bonds is 1. The van der Waals surface area contributed by atoms with Crippen molar-refractivity contribution in [3.8, 4) is 0 Å². The molecule has 5 nitrogen and oxygen atoms in total. The zero-order chi connectivity index (χ0) is 8.48. The maximum Gasteiger partial charge on any atom is 0.218 e. The van der Waals surface area contributed by atoms with Crippen LogP contribution in [0.4, 0.5) is 0 Å². The summed E-state index contributed by atoms with van der Waals surface area (Å²) in [6.45, 7) is -0.583. The van der Waals surface area contributed by atoms with Crippen LogP contribution in [0.1, 0.15) is 6.42 Å². The molecule has 11 heavy (non-hydrogen) atoms. The van der Waals surface area contributed by atoms with E-state index in [4.69, 9.17) is 20.1 Å². The van der Waals surface area contributed by atoms with Gasteiger partial charge < -0.3 is 25.2 Å². The topological polar surface area (TPSA) is 90.2 Å². The van der Waals surface area contributed by atoms with Crippen molar-refractivity contribution in [2.24, 2.45) is 0 Å². The summed E-state index contributed by atoms with van der Waals surface area (Å²) in [5.41, 5.74) is 0. The molecule has 66 valence electrons. The lowest BCUT2D eigenvalue weighted by Crippen LogP contribution is -2.57. The van der Waals surface area contributed by atoms with Gasteiger partial charge in [0, 0.05) is 0 Å². The van der Waals surface area contributed by atoms with Gasteiger partial charge in [0.25, 0.3) is 0 Å². The molecular formula is C6H12O5. The van der Waals surface area contributed by atoms with Crippen molar-refractivity contribution in [1.29, 1.82) is 0 Å². The highest BCUT2D eigenvalue weighted by Gasteiger charge is 2.43. The number of hydrogen-bond donors (Lipinski definition) is 4. The minimum absolute atomic E-state index is 0.134. The third-order valence-corrected chi connectivity index (χ3v) is 1.82. The van der Waals surface area contributed by atoms with E-state index in [9.17, 15) is 5.11 Å². The highest BCUT2D eigenvalue weighted by Crippen LogP contribution is 2.22. The molecule has 0 aromatic rings. The second-order valence-electron chi connectivity index (χ2n) is 2.65.